The molecule has 5 atom stereocenters. The average Bonchev–Trinajstić information content (AvgIpc) is 2.92. The van der Waals surface area contributed by atoms with Crippen LogP contribution in [0.2, 0.25) is 0 Å². The van der Waals surface area contributed by atoms with Gasteiger partial charge in [-0.2, -0.15) is 0 Å². The first-order valence-corrected chi connectivity index (χ1v) is 11.6. The van der Waals surface area contributed by atoms with E-state index >= 15 is 0 Å². The molecule has 2 heterocycles. The first-order valence-electron chi connectivity index (χ1n) is 11.6. The Morgan fingerprint density at radius 3 is 2.31 bits per heavy atom. The molecule has 1 aromatic heterocycles. The molecule has 208 valence electrons. The molecule has 1 saturated heterocycles. The molecule has 1 aliphatic rings. The van der Waals surface area contributed by atoms with Crippen molar-refractivity contribution in [3.8, 4) is 28.4 Å². The predicted molar refractivity (Wildman–Crippen MR) is 132 cm³/mol. The molecule has 13 heteroatoms. The summed E-state index contributed by atoms with van der Waals surface area (Å²) >= 11 is 0. The molecular weight excluding hydrogens is 520 g/mol. The van der Waals surface area contributed by atoms with Gasteiger partial charge in [0, 0.05) is 6.07 Å². The molecule has 0 radical (unpaired) electrons. The first kappa shape index (κ1) is 27.9. The second kappa shape index (κ2) is 11.7. The van der Waals surface area contributed by atoms with Crippen LogP contribution < -0.4 is 19.6 Å². The molecule has 0 saturated carbocycles. The van der Waals surface area contributed by atoms with Crippen molar-refractivity contribution in [3.63, 3.8) is 0 Å². The van der Waals surface area contributed by atoms with E-state index in [0.29, 0.717) is 16.9 Å². The van der Waals surface area contributed by atoms with Crippen LogP contribution in [0.3, 0.4) is 0 Å². The van der Waals surface area contributed by atoms with Gasteiger partial charge in [0.05, 0.1) is 25.2 Å². The van der Waals surface area contributed by atoms with Crippen molar-refractivity contribution in [1.82, 2.24) is 0 Å². The second-order valence-corrected chi connectivity index (χ2v) is 8.59. The van der Waals surface area contributed by atoms with Crippen LogP contribution in [0.25, 0.3) is 22.1 Å². The van der Waals surface area contributed by atoms with Crippen molar-refractivity contribution in [1.29, 1.82) is 0 Å². The molecule has 0 spiro atoms. The Kier molecular flexibility index (Phi) is 8.35. The number of ether oxygens (including phenoxy) is 5. The number of carbonyl (C=O) groups excluding carboxylic acids is 1. The SMILES string of the molecule is COc1ccc(-c2coc3cc(OC4OC(COC(=O)CC(=O)O)C(O)C(O)C4O)c(OC)cc3c2=O)cc1. The molecule has 1 fully saturated rings. The maximum absolute atomic E-state index is 13.2. The zero-order valence-corrected chi connectivity index (χ0v) is 20.8. The third kappa shape index (κ3) is 5.96. The number of aliphatic hydroxyl groups excluding tert-OH is 3. The number of carboxylic acid groups (broad SMARTS) is 1. The van der Waals surface area contributed by atoms with Gasteiger partial charge in [-0.25, -0.2) is 0 Å². The molecule has 4 rings (SSSR count). The number of aliphatic carboxylic acids is 1. The molecule has 39 heavy (non-hydrogen) atoms. The molecule has 5 unspecified atom stereocenters. The number of methoxy groups -OCH3 is 2. The summed E-state index contributed by atoms with van der Waals surface area (Å²) < 4.78 is 32.2. The largest absolute Gasteiger partial charge is 0.497 e. The molecule has 4 N–H and O–H groups in total. The van der Waals surface area contributed by atoms with Gasteiger partial charge in [-0.3, -0.25) is 14.4 Å². The molecule has 3 aromatic rings. The van der Waals surface area contributed by atoms with E-state index in [0.717, 1.165) is 0 Å². The molecular formula is C26H26O13. The Hall–Kier alpha value is -4.17. The van der Waals surface area contributed by atoms with Gasteiger partial charge in [-0.05, 0) is 23.8 Å². The van der Waals surface area contributed by atoms with Gasteiger partial charge < -0.3 is 48.5 Å². The minimum Gasteiger partial charge on any atom is -0.497 e. The zero-order valence-electron chi connectivity index (χ0n) is 20.8. The first-order chi connectivity index (χ1) is 18.6. The van der Waals surface area contributed by atoms with E-state index in [4.69, 9.17) is 33.2 Å². The number of aliphatic hydroxyl groups is 3. The van der Waals surface area contributed by atoms with E-state index in [2.05, 4.69) is 0 Å². The van der Waals surface area contributed by atoms with Crippen molar-refractivity contribution in [2.45, 2.75) is 37.1 Å². The third-order valence-corrected chi connectivity index (χ3v) is 6.08. The number of esters is 1. The fraction of sp³-hybridized carbons (Fsp3) is 0.346. The number of carboxylic acids is 1. The van der Waals surface area contributed by atoms with Gasteiger partial charge in [0.1, 0.15) is 55.0 Å². The molecule has 0 amide bonds. The number of hydrogen-bond acceptors (Lipinski definition) is 12. The van der Waals surface area contributed by atoms with E-state index < -0.39 is 55.7 Å². The Morgan fingerprint density at radius 2 is 1.67 bits per heavy atom. The van der Waals surface area contributed by atoms with Crippen molar-refractivity contribution in [2.24, 2.45) is 0 Å². The van der Waals surface area contributed by atoms with Crippen molar-refractivity contribution >= 4 is 22.9 Å². The summed E-state index contributed by atoms with van der Waals surface area (Å²) in [6, 6.07) is 9.55. The molecule has 13 nitrogen and oxygen atoms in total. The number of rotatable bonds is 9. The van der Waals surface area contributed by atoms with Crippen LogP contribution in [0, 0.1) is 0 Å². The average molecular weight is 546 g/mol. The summed E-state index contributed by atoms with van der Waals surface area (Å²) in [7, 11) is 2.85. The Bertz CT molecular complexity index is 1400. The Balaban J connectivity index is 1.59. The standard InChI is InChI=1S/C26H26O13/c1-34-13-5-3-12(4-6-13)15-10-36-16-8-18(17(35-2)7-14(16)22(15)30)38-26-25(33)24(32)23(31)19(39-26)11-37-21(29)9-20(27)28/h3-8,10,19,23-26,31-33H,9,11H2,1-2H3,(H,27,28). The maximum Gasteiger partial charge on any atom is 0.317 e. The van der Waals surface area contributed by atoms with Crippen LogP contribution in [-0.2, 0) is 19.1 Å². The van der Waals surface area contributed by atoms with Gasteiger partial charge >= 0.3 is 11.9 Å². The van der Waals surface area contributed by atoms with Crippen LogP contribution >= 0.6 is 0 Å². The number of fused-ring (bicyclic) bond motifs is 1. The van der Waals surface area contributed by atoms with Gasteiger partial charge in [-0.15, -0.1) is 0 Å². The highest BCUT2D eigenvalue weighted by molar-refractivity contribution is 5.90. The minimum atomic E-state index is -1.76. The fourth-order valence-electron chi connectivity index (χ4n) is 3.98. The van der Waals surface area contributed by atoms with Crippen molar-refractivity contribution in [2.75, 3.05) is 20.8 Å². The molecule has 1 aliphatic heterocycles. The number of hydrogen-bond donors (Lipinski definition) is 4. The lowest BCUT2D eigenvalue weighted by Crippen LogP contribution is -2.60. The maximum atomic E-state index is 13.2. The molecule has 2 aromatic carbocycles. The normalized spacial score (nSPS) is 22.7. The predicted octanol–water partition coefficient (Wildman–Crippen LogP) is 0.681. The summed E-state index contributed by atoms with van der Waals surface area (Å²) in [5, 5.41) is 39.8. The summed E-state index contributed by atoms with van der Waals surface area (Å²) in [5.41, 5.74) is 0.677. The summed E-state index contributed by atoms with van der Waals surface area (Å²) in [6.07, 6.45) is -7.74. The second-order valence-electron chi connectivity index (χ2n) is 8.59. The van der Waals surface area contributed by atoms with E-state index in [1.165, 1.54) is 32.6 Å². The van der Waals surface area contributed by atoms with E-state index in [1.807, 2.05) is 0 Å². The van der Waals surface area contributed by atoms with Gasteiger partial charge in [0.15, 0.2) is 11.5 Å². The summed E-state index contributed by atoms with van der Waals surface area (Å²) in [6.45, 7) is -0.616. The number of carbonyl (C=O) groups is 2. The lowest BCUT2D eigenvalue weighted by atomic mass is 9.99. The monoisotopic (exact) mass is 546 g/mol. The highest BCUT2D eigenvalue weighted by atomic mass is 16.7. The summed E-state index contributed by atoms with van der Waals surface area (Å²) in [5.74, 6) is -1.83. The van der Waals surface area contributed by atoms with E-state index in [-0.39, 0.29) is 27.9 Å². The summed E-state index contributed by atoms with van der Waals surface area (Å²) in [4.78, 5) is 35.4. The third-order valence-electron chi connectivity index (χ3n) is 6.08. The van der Waals surface area contributed by atoms with Crippen LogP contribution in [0.15, 0.2) is 51.9 Å². The van der Waals surface area contributed by atoms with Gasteiger partial charge in [-0.1, -0.05) is 12.1 Å². The van der Waals surface area contributed by atoms with E-state index in [1.54, 1.807) is 24.3 Å². The minimum absolute atomic E-state index is 0.0281. The highest BCUT2D eigenvalue weighted by Gasteiger charge is 2.45. The van der Waals surface area contributed by atoms with Crippen LogP contribution in [-0.4, -0.2) is 83.9 Å². The Morgan fingerprint density at radius 1 is 0.949 bits per heavy atom. The zero-order chi connectivity index (χ0) is 28.3. The highest BCUT2D eigenvalue weighted by Crippen LogP contribution is 2.35. The van der Waals surface area contributed by atoms with Crippen LogP contribution in [0.5, 0.6) is 17.2 Å². The van der Waals surface area contributed by atoms with Gasteiger partial charge in [0.25, 0.3) is 0 Å². The van der Waals surface area contributed by atoms with Crippen molar-refractivity contribution < 1.29 is 58.1 Å². The van der Waals surface area contributed by atoms with Crippen molar-refractivity contribution in [3.05, 3.63) is 52.9 Å². The smallest absolute Gasteiger partial charge is 0.317 e. The van der Waals surface area contributed by atoms with E-state index in [9.17, 15) is 29.7 Å². The lowest BCUT2D eigenvalue weighted by molar-refractivity contribution is -0.278. The Labute approximate surface area is 220 Å². The number of benzene rings is 2. The molecule has 0 aliphatic carbocycles. The fourth-order valence-corrected chi connectivity index (χ4v) is 3.98. The lowest BCUT2D eigenvalue weighted by Gasteiger charge is -2.40. The quantitative estimate of drug-likeness (QED) is 0.217. The van der Waals surface area contributed by atoms with Gasteiger partial charge in [0.2, 0.25) is 11.7 Å². The topological polar surface area (TPSA) is 191 Å². The van der Waals surface area contributed by atoms with Crippen LogP contribution in [0.4, 0.5) is 0 Å². The van der Waals surface area contributed by atoms with Crippen LogP contribution in [0.1, 0.15) is 6.42 Å². The molecule has 0 bridgehead atoms.